The lowest BCUT2D eigenvalue weighted by molar-refractivity contribution is 0.202. The summed E-state index contributed by atoms with van der Waals surface area (Å²) in [5, 5.41) is 6.50. The molecule has 0 aliphatic heterocycles. The fourth-order valence-electron chi connectivity index (χ4n) is 1.03. The summed E-state index contributed by atoms with van der Waals surface area (Å²) in [7, 11) is 3.67. The molecule has 0 saturated carbocycles. The van der Waals surface area contributed by atoms with Gasteiger partial charge in [-0.05, 0) is 20.9 Å². The van der Waals surface area contributed by atoms with Crippen LogP contribution < -0.4 is 5.32 Å². The van der Waals surface area contributed by atoms with Gasteiger partial charge in [0.25, 0.3) is 0 Å². The number of hydrogen-bond acceptors (Lipinski definition) is 4. The maximum atomic E-state index is 5.02. The molecule has 0 spiro atoms. The molecule has 0 atom stereocenters. The van der Waals surface area contributed by atoms with Crippen LogP contribution in [0.2, 0.25) is 0 Å². The first-order valence-corrected chi connectivity index (χ1v) is 5.61. The highest BCUT2D eigenvalue weighted by atomic mass is 32.1. The molecule has 1 N–H and O–H groups in total. The Hall–Kier alpha value is -0.450. The van der Waals surface area contributed by atoms with Crippen molar-refractivity contribution < 1.29 is 4.74 Å². The SMILES string of the molecule is CNC(C)(C)c1csc(CCOC)n1. The molecule has 0 bridgehead atoms. The van der Waals surface area contributed by atoms with Crippen molar-refractivity contribution >= 4 is 11.3 Å². The van der Waals surface area contributed by atoms with Crippen LogP contribution in [0.25, 0.3) is 0 Å². The lowest BCUT2D eigenvalue weighted by atomic mass is 10.0. The lowest BCUT2D eigenvalue weighted by Gasteiger charge is -2.21. The molecule has 0 unspecified atom stereocenters. The zero-order chi connectivity index (χ0) is 10.6. The average molecular weight is 214 g/mol. The molecule has 1 aromatic heterocycles. The molecule has 80 valence electrons. The molecule has 0 aromatic carbocycles. The minimum absolute atomic E-state index is 0.0399. The van der Waals surface area contributed by atoms with Gasteiger partial charge in [-0.3, -0.25) is 0 Å². The quantitative estimate of drug-likeness (QED) is 0.811. The van der Waals surface area contributed by atoms with Gasteiger partial charge in [0, 0.05) is 18.9 Å². The van der Waals surface area contributed by atoms with Crippen molar-refractivity contribution in [2.24, 2.45) is 0 Å². The van der Waals surface area contributed by atoms with Gasteiger partial charge in [0.2, 0.25) is 0 Å². The van der Waals surface area contributed by atoms with E-state index in [2.05, 4.69) is 29.5 Å². The largest absolute Gasteiger partial charge is 0.384 e. The van der Waals surface area contributed by atoms with Crippen LogP contribution in [0.1, 0.15) is 24.5 Å². The number of nitrogens with zero attached hydrogens (tertiary/aromatic N) is 1. The van der Waals surface area contributed by atoms with E-state index in [1.807, 2.05) is 7.05 Å². The molecular weight excluding hydrogens is 196 g/mol. The van der Waals surface area contributed by atoms with Crippen molar-refractivity contribution in [2.45, 2.75) is 25.8 Å². The summed E-state index contributed by atoms with van der Waals surface area (Å²) >= 11 is 1.70. The first kappa shape index (κ1) is 11.6. The van der Waals surface area contributed by atoms with Crippen molar-refractivity contribution in [3.05, 3.63) is 16.1 Å². The zero-order valence-corrected chi connectivity index (χ0v) is 10.1. The van der Waals surface area contributed by atoms with E-state index in [9.17, 15) is 0 Å². The molecule has 0 amide bonds. The third-order valence-corrected chi connectivity index (χ3v) is 3.25. The van der Waals surface area contributed by atoms with Crippen molar-refractivity contribution in [3.8, 4) is 0 Å². The van der Waals surface area contributed by atoms with E-state index >= 15 is 0 Å². The molecule has 0 fully saturated rings. The van der Waals surface area contributed by atoms with Crippen molar-refractivity contribution in [1.29, 1.82) is 0 Å². The van der Waals surface area contributed by atoms with Gasteiger partial charge in [-0.15, -0.1) is 11.3 Å². The van der Waals surface area contributed by atoms with E-state index in [1.54, 1.807) is 18.4 Å². The van der Waals surface area contributed by atoms with Gasteiger partial charge in [0.15, 0.2) is 0 Å². The number of hydrogen-bond donors (Lipinski definition) is 1. The Bertz CT molecular complexity index is 283. The third kappa shape index (κ3) is 2.77. The van der Waals surface area contributed by atoms with E-state index in [0.29, 0.717) is 0 Å². The molecule has 1 rings (SSSR count). The monoisotopic (exact) mass is 214 g/mol. The van der Waals surface area contributed by atoms with Crippen molar-refractivity contribution in [1.82, 2.24) is 10.3 Å². The van der Waals surface area contributed by atoms with Crippen LogP contribution in [0.4, 0.5) is 0 Å². The third-order valence-electron chi connectivity index (χ3n) is 2.34. The van der Waals surface area contributed by atoms with Crippen LogP contribution in [0.15, 0.2) is 5.38 Å². The molecule has 0 radical (unpaired) electrons. The second-order valence-electron chi connectivity index (χ2n) is 3.74. The Morgan fingerprint density at radius 1 is 1.57 bits per heavy atom. The molecule has 1 heterocycles. The minimum atomic E-state index is -0.0399. The average Bonchev–Trinajstić information content (AvgIpc) is 2.63. The smallest absolute Gasteiger partial charge is 0.0952 e. The van der Waals surface area contributed by atoms with Gasteiger partial charge >= 0.3 is 0 Å². The van der Waals surface area contributed by atoms with Gasteiger partial charge in [-0.25, -0.2) is 4.98 Å². The molecule has 4 heteroatoms. The van der Waals surface area contributed by atoms with Gasteiger partial charge in [0.05, 0.1) is 22.8 Å². The van der Waals surface area contributed by atoms with Crippen LogP contribution in [-0.4, -0.2) is 25.7 Å². The van der Waals surface area contributed by atoms with Gasteiger partial charge in [-0.2, -0.15) is 0 Å². The molecule has 3 nitrogen and oxygen atoms in total. The standard InChI is InChI=1S/C10H18N2OS/c1-10(2,11-3)8-7-14-9(12-8)5-6-13-4/h7,11H,5-6H2,1-4H3. The lowest BCUT2D eigenvalue weighted by Crippen LogP contribution is -2.33. The predicted molar refractivity (Wildman–Crippen MR) is 59.8 cm³/mol. The minimum Gasteiger partial charge on any atom is -0.384 e. The number of methoxy groups -OCH3 is 1. The number of nitrogens with one attached hydrogen (secondary N) is 1. The Balaban J connectivity index is 2.67. The maximum Gasteiger partial charge on any atom is 0.0952 e. The maximum absolute atomic E-state index is 5.02. The first-order valence-electron chi connectivity index (χ1n) is 4.73. The molecule has 14 heavy (non-hydrogen) atoms. The Labute approximate surface area is 89.5 Å². The van der Waals surface area contributed by atoms with E-state index in [4.69, 9.17) is 4.74 Å². The molecule has 1 aromatic rings. The summed E-state index contributed by atoms with van der Waals surface area (Å²) in [6.45, 7) is 5.00. The summed E-state index contributed by atoms with van der Waals surface area (Å²) in [6, 6.07) is 0. The van der Waals surface area contributed by atoms with Crippen LogP contribution in [0, 0.1) is 0 Å². The topological polar surface area (TPSA) is 34.1 Å². The van der Waals surface area contributed by atoms with Crippen molar-refractivity contribution in [3.63, 3.8) is 0 Å². The summed E-state index contributed by atoms with van der Waals surface area (Å²) < 4.78 is 5.02. The van der Waals surface area contributed by atoms with Crippen LogP contribution in [0.5, 0.6) is 0 Å². The molecule has 0 aliphatic rings. The van der Waals surface area contributed by atoms with E-state index in [1.165, 1.54) is 0 Å². The fourth-order valence-corrected chi connectivity index (χ4v) is 1.98. The van der Waals surface area contributed by atoms with Gasteiger partial charge in [-0.1, -0.05) is 0 Å². The van der Waals surface area contributed by atoms with E-state index in [0.717, 1.165) is 23.7 Å². The van der Waals surface area contributed by atoms with Crippen LogP contribution in [0.3, 0.4) is 0 Å². The summed E-state index contributed by atoms with van der Waals surface area (Å²) in [5.74, 6) is 0. The highest BCUT2D eigenvalue weighted by Crippen LogP contribution is 2.21. The first-order chi connectivity index (χ1) is 6.60. The summed E-state index contributed by atoms with van der Waals surface area (Å²) in [6.07, 6.45) is 0.904. The van der Waals surface area contributed by atoms with Gasteiger partial charge in [0.1, 0.15) is 0 Å². The summed E-state index contributed by atoms with van der Waals surface area (Å²) in [4.78, 5) is 4.57. The Morgan fingerprint density at radius 2 is 2.29 bits per heavy atom. The van der Waals surface area contributed by atoms with Gasteiger partial charge < -0.3 is 10.1 Å². The highest BCUT2D eigenvalue weighted by Gasteiger charge is 2.20. The normalized spacial score (nSPS) is 12.0. The predicted octanol–water partition coefficient (Wildman–Crippen LogP) is 1.79. The molecule has 0 saturated heterocycles. The Kier molecular flexibility index (Phi) is 4.04. The number of ether oxygens (including phenoxy) is 1. The number of rotatable bonds is 5. The van der Waals surface area contributed by atoms with Crippen LogP contribution in [-0.2, 0) is 16.7 Å². The Morgan fingerprint density at radius 3 is 2.86 bits per heavy atom. The molecule has 0 aliphatic carbocycles. The second-order valence-corrected chi connectivity index (χ2v) is 4.69. The zero-order valence-electron chi connectivity index (χ0n) is 9.26. The van der Waals surface area contributed by atoms with Crippen LogP contribution >= 0.6 is 11.3 Å². The fraction of sp³-hybridized carbons (Fsp3) is 0.700. The number of aromatic nitrogens is 1. The van der Waals surface area contributed by atoms with Crippen molar-refractivity contribution in [2.75, 3.05) is 20.8 Å². The second kappa shape index (κ2) is 4.87. The van der Waals surface area contributed by atoms with E-state index < -0.39 is 0 Å². The van der Waals surface area contributed by atoms with E-state index in [-0.39, 0.29) is 5.54 Å². The highest BCUT2D eigenvalue weighted by molar-refractivity contribution is 7.09. The summed E-state index contributed by atoms with van der Waals surface area (Å²) in [5.41, 5.74) is 1.07. The molecular formula is C10H18N2OS. The number of thiazole rings is 1.